The number of carboxylic acid groups (broad SMARTS) is 1. The first-order valence-electron chi connectivity index (χ1n) is 6.58. The van der Waals surface area contributed by atoms with Crippen molar-refractivity contribution in [3.05, 3.63) is 35.9 Å². The smallest absolute Gasteiger partial charge is 0.323 e. The van der Waals surface area contributed by atoms with Crippen LogP contribution < -0.4 is 5.32 Å². The van der Waals surface area contributed by atoms with Gasteiger partial charge in [0.25, 0.3) is 0 Å². The normalized spacial score (nSPS) is 17.5. The molecule has 106 valence electrons. The Balaban J connectivity index is 2.76. The van der Waals surface area contributed by atoms with E-state index in [1.807, 2.05) is 37.3 Å². The van der Waals surface area contributed by atoms with E-state index in [1.165, 1.54) is 0 Å². The summed E-state index contributed by atoms with van der Waals surface area (Å²) < 4.78 is 0. The van der Waals surface area contributed by atoms with Crippen LogP contribution in [0, 0.1) is 0 Å². The van der Waals surface area contributed by atoms with Gasteiger partial charge < -0.3 is 10.2 Å². The highest BCUT2D eigenvalue weighted by Gasteiger charge is 2.34. The van der Waals surface area contributed by atoms with Crippen LogP contribution in [0.5, 0.6) is 0 Å². The van der Waals surface area contributed by atoms with Crippen molar-refractivity contribution in [2.24, 2.45) is 0 Å². The molecule has 2 atom stereocenters. The van der Waals surface area contributed by atoms with Crippen molar-refractivity contribution in [3.63, 3.8) is 0 Å². The molecule has 19 heavy (non-hydrogen) atoms. The third-order valence-electron chi connectivity index (χ3n) is 3.44. The van der Waals surface area contributed by atoms with Gasteiger partial charge in [0.15, 0.2) is 0 Å². The molecule has 1 aromatic rings. The van der Waals surface area contributed by atoms with Crippen LogP contribution in [-0.2, 0) is 10.4 Å². The highest BCUT2D eigenvalue weighted by atomic mass is 16.4. The minimum Gasteiger partial charge on any atom is -0.480 e. The molecule has 0 radical (unpaired) electrons. The van der Waals surface area contributed by atoms with Crippen LogP contribution in [-0.4, -0.2) is 28.3 Å². The van der Waals surface area contributed by atoms with Gasteiger partial charge in [-0.2, -0.15) is 0 Å². The second-order valence-corrected chi connectivity index (χ2v) is 5.38. The number of aliphatic hydroxyl groups is 1. The molecule has 3 N–H and O–H groups in total. The zero-order valence-corrected chi connectivity index (χ0v) is 11.8. The molecule has 0 bridgehead atoms. The molecule has 0 heterocycles. The molecular weight excluding hydrogens is 242 g/mol. The second-order valence-electron chi connectivity index (χ2n) is 5.38. The molecule has 0 spiro atoms. The quantitative estimate of drug-likeness (QED) is 0.706. The molecule has 0 aliphatic rings. The van der Waals surface area contributed by atoms with Gasteiger partial charge in [-0.15, -0.1) is 0 Å². The number of hydrogen-bond acceptors (Lipinski definition) is 3. The largest absolute Gasteiger partial charge is 0.480 e. The molecule has 2 unspecified atom stereocenters. The summed E-state index contributed by atoms with van der Waals surface area (Å²) in [5.74, 6) is -0.891. The topological polar surface area (TPSA) is 69.6 Å². The van der Waals surface area contributed by atoms with E-state index in [-0.39, 0.29) is 6.54 Å². The summed E-state index contributed by atoms with van der Waals surface area (Å²) in [6.07, 6.45) is 1.29. The lowest BCUT2D eigenvalue weighted by Gasteiger charge is -2.31. The highest BCUT2D eigenvalue weighted by molar-refractivity contribution is 5.78. The van der Waals surface area contributed by atoms with Gasteiger partial charge in [-0.25, -0.2) is 0 Å². The van der Waals surface area contributed by atoms with Crippen molar-refractivity contribution >= 4 is 5.97 Å². The van der Waals surface area contributed by atoms with Crippen LogP contribution in [0.2, 0.25) is 0 Å². The Bertz CT molecular complexity index is 417. The van der Waals surface area contributed by atoms with Gasteiger partial charge in [0.1, 0.15) is 5.54 Å². The Morgan fingerprint density at radius 3 is 2.32 bits per heavy atom. The standard InChI is InChI=1S/C15H23NO3/c1-4-10-14(2,13(17)18)16-11-15(3,19)12-8-6-5-7-9-12/h5-9,16,19H,4,10-11H2,1-3H3,(H,17,18). The Hall–Kier alpha value is -1.39. The van der Waals surface area contributed by atoms with Crippen molar-refractivity contribution in [1.82, 2.24) is 5.32 Å². The SMILES string of the molecule is CCCC(C)(NCC(C)(O)c1ccccc1)C(=O)O. The molecule has 1 rings (SSSR count). The van der Waals surface area contributed by atoms with Crippen LogP contribution in [0.4, 0.5) is 0 Å². The molecular formula is C15H23NO3. The van der Waals surface area contributed by atoms with E-state index < -0.39 is 17.1 Å². The zero-order chi connectivity index (χ0) is 14.5. The lowest BCUT2D eigenvalue weighted by Crippen LogP contribution is -2.53. The Morgan fingerprint density at radius 1 is 1.26 bits per heavy atom. The van der Waals surface area contributed by atoms with Gasteiger partial charge in [-0.1, -0.05) is 43.7 Å². The predicted octanol–water partition coefficient (Wildman–Crippen LogP) is 2.13. The predicted molar refractivity (Wildman–Crippen MR) is 75.0 cm³/mol. The van der Waals surface area contributed by atoms with Gasteiger partial charge in [0.05, 0.1) is 5.60 Å². The van der Waals surface area contributed by atoms with E-state index in [2.05, 4.69) is 5.32 Å². The van der Waals surface area contributed by atoms with Crippen LogP contribution >= 0.6 is 0 Å². The molecule has 0 aromatic heterocycles. The first-order chi connectivity index (χ1) is 8.82. The first-order valence-corrected chi connectivity index (χ1v) is 6.58. The summed E-state index contributed by atoms with van der Waals surface area (Å²) in [5.41, 5.74) is -1.33. The van der Waals surface area contributed by atoms with Crippen molar-refractivity contribution in [1.29, 1.82) is 0 Å². The van der Waals surface area contributed by atoms with Crippen LogP contribution in [0.15, 0.2) is 30.3 Å². The number of nitrogens with one attached hydrogen (secondary N) is 1. The maximum atomic E-state index is 11.3. The molecule has 0 amide bonds. The molecule has 4 nitrogen and oxygen atoms in total. The van der Waals surface area contributed by atoms with Gasteiger partial charge in [-0.05, 0) is 25.8 Å². The lowest BCUT2D eigenvalue weighted by molar-refractivity contribution is -0.145. The monoisotopic (exact) mass is 265 g/mol. The van der Waals surface area contributed by atoms with E-state index in [9.17, 15) is 15.0 Å². The molecule has 0 aliphatic heterocycles. The number of rotatable bonds is 7. The van der Waals surface area contributed by atoms with Crippen molar-refractivity contribution in [3.8, 4) is 0 Å². The van der Waals surface area contributed by atoms with Crippen molar-refractivity contribution in [2.75, 3.05) is 6.54 Å². The van der Waals surface area contributed by atoms with E-state index >= 15 is 0 Å². The highest BCUT2D eigenvalue weighted by Crippen LogP contribution is 2.21. The fourth-order valence-electron chi connectivity index (χ4n) is 2.04. The maximum Gasteiger partial charge on any atom is 0.323 e. The van der Waals surface area contributed by atoms with Gasteiger partial charge in [0, 0.05) is 6.54 Å². The van der Waals surface area contributed by atoms with Crippen LogP contribution in [0.1, 0.15) is 39.2 Å². The van der Waals surface area contributed by atoms with E-state index in [1.54, 1.807) is 13.8 Å². The Labute approximate surface area is 114 Å². The number of β-amino-alcohol motifs (C(OH)–C–C–N with tert-alkyl or cyclic N) is 1. The lowest BCUT2D eigenvalue weighted by atomic mass is 9.92. The molecule has 0 aliphatic carbocycles. The number of hydrogen-bond donors (Lipinski definition) is 3. The molecule has 0 saturated heterocycles. The fraction of sp³-hybridized carbons (Fsp3) is 0.533. The van der Waals surface area contributed by atoms with E-state index in [0.717, 1.165) is 12.0 Å². The molecule has 0 fully saturated rings. The third kappa shape index (κ3) is 4.04. The minimum absolute atomic E-state index is 0.194. The minimum atomic E-state index is -1.09. The van der Waals surface area contributed by atoms with Crippen LogP contribution in [0.3, 0.4) is 0 Å². The first kappa shape index (κ1) is 15.7. The fourth-order valence-corrected chi connectivity index (χ4v) is 2.04. The summed E-state index contributed by atoms with van der Waals surface area (Å²) in [7, 11) is 0. The number of benzene rings is 1. The zero-order valence-electron chi connectivity index (χ0n) is 11.8. The maximum absolute atomic E-state index is 11.3. The third-order valence-corrected chi connectivity index (χ3v) is 3.44. The summed E-state index contributed by atoms with van der Waals surface area (Å²) in [6, 6.07) is 9.25. The second kappa shape index (κ2) is 6.17. The average molecular weight is 265 g/mol. The van der Waals surface area contributed by atoms with E-state index in [4.69, 9.17) is 0 Å². The summed E-state index contributed by atoms with van der Waals surface area (Å²) >= 11 is 0. The van der Waals surface area contributed by atoms with Crippen molar-refractivity contribution in [2.45, 2.75) is 44.8 Å². The van der Waals surface area contributed by atoms with Gasteiger partial charge in [-0.3, -0.25) is 10.1 Å². The van der Waals surface area contributed by atoms with Gasteiger partial charge in [0.2, 0.25) is 0 Å². The molecule has 4 heteroatoms. The summed E-state index contributed by atoms with van der Waals surface area (Å²) in [5, 5.41) is 22.7. The average Bonchev–Trinajstić information content (AvgIpc) is 2.38. The Morgan fingerprint density at radius 2 is 1.84 bits per heavy atom. The Kier molecular flexibility index (Phi) is 5.09. The summed E-state index contributed by atoms with van der Waals surface area (Å²) in [4.78, 5) is 11.3. The van der Waals surface area contributed by atoms with Crippen molar-refractivity contribution < 1.29 is 15.0 Å². The summed E-state index contributed by atoms with van der Waals surface area (Å²) in [6.45, 7) is 5.47. The molecule has 0 saturated carbocycles. The van der Waals surface area contributed by atoms with Gasteiger partial charge >= 0.3 is 5.97 Å². The number of aliphatic carboxylic acids is 1. The van der Waals surface area contributed by atoms with Crippen LogP contribution in [0.25, 0.3) is 0 Å². The van der Waals surface area contributed by atoms with E-state index in [0.29, 0.717) is 6.42 Å². The number of carbonyl (C=O) groups is 1. The molecule has 1 aromatic carbocycles. The number of carboxylic acids is 1.